The molecule has 1 aliphatic carbocycles. The number of rotatable bonds is 4. The number of likely N-dealkylation sites (tertiary alicyclic amines) is 1. The molecule has 1 N–H and O–H groups in total. The fourth-order valence-electron chi connectivity index (χ4n) is 4.00. The summed E-state index contributed by atoms with van der Waals surface area (Å²) in [5, 5.41) is 3.22. The predicted molar refractivity (Wildman–Crippen MR) is 76.0 cm³/mol. The largest absolute Gasteiger partial charge is 0.468 e. The average molecular weight is 268 g/mol. The van der Waals surface area contributed by atoms with E-state index in [-0.39, 0.29) is 5.97 Å². The molecule has 110 valence electrons. The van der Waals surface area contributed by atoms with Gasteiger partial charge in [-0.1, -0.05) is 13.8 Å². The van der Waals surface area contributed by atoms with Gasteiger partial charge in [0.2, 0.25) is 0 Å². The van der Waals surface area contributed by atoms with E-state index in [4.69, 9.17) is 4.74 Å². The van der Waals surface area contributed by atoms with Gasteiger partial charge in [0.25, 0.3) is 0 Å². The molecule has 2 fully saturated rings. The van der Waals surface area contributed by atoms with Crippen molar-refractivity contribution in [2.24, 2.45) is 5.92 Å². The van der Waals surface area contributed by atoms with Gasteiger partial charge in [0, 0.05) is 12.1 Å². The number of esters is 1. The zero-order valence-electron chi connectivity index (χ0n) is 12.7. The van der Waals surface area contributed by atoms with Gasteiger partial charge in [0.1, 0.15) is 5.54 Å². The minimum atomic E-state index is -0.455. The van der Waals surface area contributed by atoms with Crippen molar-refractivity contribution in [3.63, 3.8) is 0 Å². The number of likely N-dealkylation sites (N-methyl/N-ethyl adjacent to an activating group) is 1. The van der Waals surface area contributed by atoms with E-state index in [9.17, 15) is 4.79 Å². The van der Waals surface area contributed by atoms with E-state index in [1.165, 1.54) is 26.5 Å². The van der Waals surface area contributed by atoms with Crippen molar-refractivity contribution in [2.75, 3.05) is 20.7 Å². The van der Waals surface area contributed by atoms with Gasteiger partial charge in [-0.05, 0) is 51.6 Å². The molecule has 0 aromatic rings. The lowest BCUT2D eigenvalue weighted by molar-refractivity contribution is -0.148. The molecule has 19 heavy (non-hydrogen) atoms. The zero-order valence-corrected chi connectivity index (χ0v) is 12.7. The van der Waals surface area contributed by atoms with Gasteiger partial charge in [0.05, 0.1) is 7.11 Å². The second kappa shape index (κ2) is 5.80. The molecule has 0 bridgehead atoms. The molecular formula is C15H28N2O2. The molecule has 0 aromatic carbocycles. The van der Waals surface area contributed by atoms with E-state index in [2.05, 4.69) is 24.1 Å². The SMILES string of the molecule is CNC1(C(=O)OC)CCC(N2CCCC2C(C)C)C1. The molecule has 1 heterocycles. The number of carbonyl (C=O) groups excluding carboxylic acids is 1. The highest BCUT2D eigenvalue weighted by atomic mass is 16.5. The van der Waals surface area contributed by atoms with E-state index in [0.717, 1.165) is 19.3 Å². The highest BCUT2D eigenvalue weighted by molar-refractivity contribution is 5.81. The maximum atomic E-state index is 12.0. The quantitative estimate of drug-likeness (QED) is 0.789. The molecule has 0 radical (unpaired) electrons. The summed E-state index contributed by atoms with van der Waals surface area (Å²) in [6, 6.07) is 1.22. The van der Waals surface area contributed by atoms with E-state index >= 15 is 0 Å². The third-order valence-electron chi connectivity index (χ3n) is 5.12. The summed E-state index contributed by atoms with van der Waals surface area (Å²) in [5.41, 5.74) is -0.455. The van der Waals surface area contributed by atoms with E-state index in [1.807, 2.05) is 7.05 Å². The second-order valence-corrected chi connectivity index (χ2v) is 6.41. The van der Waals surface area contributed by atoms with Crippen molar-refractivity contribution in [3.05, 3.63) is 0 Å². The Kier molecular flexibility index (Phi) is 4.51. The van der Waals surface area contributed by atoms with Gasteiger partial charge in [-0.3, -0.25) is 9.69 Å². The third-order valence-corrected chi connectivity index (χ3v) is 5.12. The first-order chi connectivity index (χ1) is 9.04. The predicted octanol–water partition coefficient (Wildman–Crippen LogP) is 1.79. The molecule has 1 saturated carbocycles. The Morgan fingerprint density at radius 3 is 2.74 bits per heavy atom. The molecule has 3 unspecified atom stereocenters. The maximum absolute atomic E-state index is 12.0. The summed E-state index contributed by atoms with van der Waals surface area (Å²) in [6.07, 6.45) is 5.48. The Morgan fingerprint density at radius 1 is 1.42 bits per heavy atom. The number of ether oxygens (including phenoxy) is 1. The summed E-state index contributed by atoms with van der Waals surface area (Å²) < 4.78 is 4.99. The molecule has 1 aliphatic heterocycles. The molecule has 0 amide bonds. The van der Waals surface area contributed by atoms with Crippen molar-refractivity contribution < 1.29 is 9.53 Å². The molecule has 0 spiro atoms. The van der Waals surface area contributed by atoms with Gasteiger partial charge in [0.15, 0.2) is 0 Å². The Morgan fingerprint density at radius 2 is 2.16 bits per heavy atom. The molecule has 1 saturated heterocycles. The van der Waals surface area contributed by atoms with Crippen LogP contribution in [0.1, 0.15) is 46.0 Å². The van der Waals surface area contributed by atoms with Crippen LogP contribution in [0.15, 0.2) is 0 Å². The topological polar surface area (TPSA) is 41.6 Å². The summed E-state index contributed by atoms with van der Waals surface area (Å²) >= 11 is 0. The average Bonchev–Trinajstić information content (AvgIpc) is 3.04. The monoisotopic (exact) mass is 268 g/mol. The first-order valence-electron chi connectivity index (χ1n) is 7.57. The van der Waals surface area contributed by atoms with Crippen LogP contribution in [0, 0.1) is 5.92 Å². The van der Waals surface area contributed by atoms with Crippen LogP contribution in [-0.4, -0.2) is 49.2 Å². The lowest BCUT2D eigenvalue weighted by atomic mass is 9.96. The van der Waals surface area contributed by atoms with Crippen LogP contribution >= 0.6 is 0 Å². The lowest BCUT2D eigenvalue weighted by Gasteiger charge is -2.34. The maximum Gasteiger partial charge on any atom is 0.326 e. The molecule has 0 aromatic heterocycles. The fourth-order valence-corrected chi connectivity index (χ4v) is 4.00. The summed E-state index contributed by atoms with van der Waals surface area (Å²) in [7, 11) is 3.37. The van der Waals surface area contributed by atoms with E-state index in [1.54, 1.807) is 0 Å². The van der Waals surface area contributed by atoms with Crippen molar-refractivity contribution in [1.82, 2.24) is 10.2 Å². The Balaban J connectivity index is 2.07. The minimum absolute atomic E-state index is 0.0993. The number of hydrogen-bond donors (Lipinski definition) is 1. The van der Waals surface area contributed by atoms with Crippen LogP contribution < -0.4 is 5.32 Å². The van der Waals surface area contributed by atoms with Gasteiger partial charge in [-0.15, -0.1) is 0 Å². The van der Waals surface area contributed by atoms with Gasteiger partial charge in [-0.25, -0.2) is 0 Å². The van der Waals surface area contributed by atoms with Crippen LogP contribution in [0.4, 0.5) is 0 Å². The number of hydrogen-bond acceptors (Lipinski definition) is 4. The summed E-state index contributed by atoms with van der Waals surface area (Å²) in [5.74, 6) is 0.600. The Hall–Kier alpha value is -0.610. The molecule has 4 nitrogen and oxygen atoms in total. The lowest BCUT2D eigenvalue weighted by Crippen LogP contribution is -2.51. The van der Waals surface area contributed by atoms with E-state index in [0.29, 0.717) is 18.0 Å². The van der Waals surface area contributed by atoms with Gasteiger partial charge in [-0.2, -0.15) is 0 Å². The normalized spacial score (nSPS) is 36.1. The third kappa shape index (κ3) is 2.65. The zero-order chi connectivity index (χ0) is 14.0. The molecule has 2 rings (SSSR count). The van der Waals surface area contributed by atoms with Crippen LogP contribution in [0.2, 0.25) is 0 Å². The number of nitrogens with one attached hydrogen (secondary N) is 1. The fraction of sp³-hybridized carbons (Fsp3) is 0.933. The first kappa shape index (κ1) is 14.8. The first-order valence-corrected chi connectivity index (χ1v) is 7.57. The molecule has 3 atom stereocenters. The summed E-state index contributed by atoms with van der Waals surface area (Å²) in [4.78, 5) is 14.7. The smallest absolute Gasteiger partial charge is 0.326 e. The molecule has 4 heteroatoms. The van der Waals surface area contributed by atoms with Crippen molar-refractivity contribution >= 4 is 5.97 Å². The molecular weight excluding hydrogens is 240 g/mol. The molecule has 2 aliphatic rings. The van der Waals surface area contributed by atoms with Crippen molar-refractivity contribution in [1.29, 1.82) is 0 Å². The van der Waals surface area contributed by atoms with Gasteiger partial charge < -0.3 is 10.1 Å². The standard InChI is InChI=1S/C15H28N2O2/c1-11(2)13-6-5-9-17(13)12-7-8-15(10-12,16-3)14(18)19-4/h11-13,16H,5-10H2,1-4H3. The van der Waals surface area contributed by atoms with Crippen molar-refractivity contribution in [2.45, 2.75) is 63.6 Å². The van der Waals surface area contributed by atoms with Crippen molar-refractivity contribution in [3.8, 4) is 0 Å². The highest BCUT2D eigenvalue weighted by Crippen LogP contribution is 2.38. The van der Waals surface area contributed by atoms with Crippen LogP contribution in [0.3, 0.4) is 0 Å². The van der Waals surface area contributed by atoms with Crippen LogP contribution in [0.5, 0.6) is 0 Å². The Labute approximate surface area is 116 Å². The van der Waals surface area contributed by atoms with Crippen LogP contribution in [-0.2, 0) is 9.53 Å². The van der Waals surface area contributed by atoms with Crippen LogP contribution in [0.25, 0.3) is 0 Å². The highest BCUT2D eigenvalue weighted by Gasteiger charge is 2.48. The Bertz CT molecular complexity index is 332. The summed E-state index contributed by atoms with van der Waals surface area (Å²) in [6.45, 7) is 5.81. The number of carbonyl (C=O) groups is 1. The number of nitrogens with zero attached hydrogens (tertiary/aromatic N) is 1. The number of methoxy groups -OCH3 is 1. The second-order valence-electron chi connectivity index (χ2n) is 6.41. The minimum Gasteiger partial charge on any atom is -0.468 e. The van der Waals surface area contributed by atoms with Gasteiger partial charge >= 0.3 is 5.97 Å². The van der Waals surface area contributed by atoms with E-state index < -0.39 is 5.54 Å².